The summed E-state index contributed by atoms with van der Waals surface area (Å²) in [6.45, 7) is 3.13. The zero-order valence-electron chi connectivity index (χ0n) is 11.6. The summed E-state index contributed by atoms with van der Waals surface area (Å²) in [5, 5.41) is 3.02. The molecule has 106 valence electrons. The van der Waals surface area contributed by atoms with Crippen molar-refractivity contribution in [3.63, 3.8) is 0 Å². The summed E-state index contributed by atoms with van der Waals surface area (Å²) in [4.78, 5) is 13.8. The highest BCUT2D eigenvalue weighted by atomic mass is 16.5. The molecule has 1 fully saturated rings. The lowest BCUT2D eigenvalue weighted by atomic mass is 10.1. The number of nitrogens with zero attached hydrogens (tertiary/aromatic N) is 1. The smallest absolute Gasteiger partial charge is 0.317 e. The molecule has 1 aliphatic rings. The Balaban J connectivity index is 2.27. The Morgan fingerprint density at radius 2 is 1.72 bits per heavy atom. The molecule has 0 radical (unpaired) electrons. The number of urea groups is 1. The maximum Gasteiger partial charge on any atom is 0.317 e. The van der Waals surface area contributed by atoms with Gasteiger partial charge in [-0.25, -0.2) is 4.79 Å². The minimum Gasteiger partial charge on any atom is -0.383 e. The molecular weight excluding hydrogens is 232 g/mol. The van der Waals surface area contributed by atoms with Crippen molar-refractivity contribution >= 4 is 6.03 Å². The van der Waals surface area contributed by atoms with Crippen molar-refractivity contribution in [2.45, 2.75) is 25.7 Å². The number of amides is 2. The molecule has 5 nitrogen and oxygen atoms in total. The number of methoxy groups -OCH3 is 2. The van der Waals surface area contributed by atoms with E-state index in [0.717, 1.165) is 6.54 Å². The first kappa shape index (κ1) is 15.2. The average Bonchev–Trinajstić information content (AvgIpc) is 2.89. The Morgan fingerprint density at radius 1 is 1.17 bits per heavy atom. The molecule has 0 unspecified atom stereocenters. The number of rotatable bonds is 8. The number of hydrogen-bond acceptors (Lipinski definition) is 3. The van der Waals surface area contributed by atoms with Crippen LogP contribution in [-0.2, 0) is 9.47 Å². The van der Waals surface area contributed by atoms with E-state index in [-0.39, 0.29) is 6.03 Å². The molecule has 1 aliphatic carbocycles. The standard InChI is InChI=1S/C13H26N2O3/c1-17-9-7-15(8-10-18-2)13(16)14-11-12-5-3-4-6-12/h12H,3-11H2,1-2H3,(H,14,16). The molecule has 0 saturated heterocycles. The summed E-state index contributed by atoms with van der Waals surface area (Å²) in [6, 6.07) is -0.00370. The lowest BCUT2D eigenvalue weighted by Crippen LogP contribution is -2.44. The molecule has 1 saturated carbocycles. The second-order valence-corrected chi connectivity index (χ2v) is 4.81. The van der Waals surface area contributed by atoms with Gasteiger partial charge in [-0.3, -0.25) is 0 Å². The molecule has 0 aromatic carbocycles. The monoisotopic (exact) mass is 258 g/mol. The lowest BCUT2D eigenvalue weighted by Gasteiger charge is -2.23. The molecule has 0 atom stereocenters. The van der Waals surface area contributed by atoms with Crippen LogP contribution in [0.5, 0.6) is 0 Å². The molecule has 1 N–H and O–H groups in total. The Morgan fingerprint density at radius 3 is 2.22 bits per heavy atom. The van der Waals surface area contributed by atoms with Gasteiger partial charge >= 0.3 is 6.03 Å². The van der Waals surface area contributed by atoms with Crippen LogP contribution in [-0.4, -0.2) is 58.0 Å². The number of hydrogen-bond donors (Lipinski definition) is 1. The van der Waals surface area contributed by atoms with Crippen LogP contribution in [0.1, 0.15) is 25.7 Å². The summed E-state index contributed by atoms with van der Waals surface area (Å²) in [5.41, 5.74) is 0. The van der Waals surface area contributed by atoms with Crippen LogP contribution in [0.25, 0.3) is 0 Å². The summed E-state index contributed by atoms with van der Waals surface area (Å²) in [7, 11) is 3.29. The van der Waals surface area contributed by atoms with Crippen molar-refractivity contribution in [1.29, 1.82) is 0 Å². The van der Waals surface area contributed by atoms with Gasteiger partial charge in [-0.05, 0) is 18.8 Å². The molecule has 2 amide bonds. The van der Waals surface area contributed by atoms with E-state index in [1.165, 1.54) is 25.7 Å². The van der Waals surface area contributed by atoms with Crippen LogP contribution in [0.4, 0.5) is 4.79 Å². The molecule has 0 heterocycles. The maximum absolute atomic E-state index is 12.0. The van der Waals surface area contributed by atoms with Crippen LogP contribution in [0.15, 0.2) is 0 Å². The van der Waals surface area contributed by atoms with E-state index >= 15 is 0 Å². The molecule has 0 aromatic heterocycles. The molecule has 5 heteroatoms. The number of ether oxygens (including phenoxy) is 2. The fourth-order valence-corrected chi connectivity index (χ4v) is 2.28. The van der Waals surface area contributed by atoms with Crippen LogP contribution < -0.4 is 5.32 Å². The Hall–Kier alpha value is -0.810. The number of carbonyl (C=O) groups excluding carboxylic acids is 1. The largest absolute Gasteiger partial charge is 0.383 e. The minimum absolute atomic E-state index is 0.00370. The van der Waals surface area contributed by atoms with Gasteiger partial charge in [0.1, 0.15) is 0 Å². The molecular formula is C13H26N2O3. The van der Waals surface area contributed by atoms with Gasteiger partial charge in [0, 0.05) is 33.9 Å². The lowest BCUT2D eigenvalue weighted by molar-refractivity contribution is 0.122. The maximum atomic E-state index is 12.0. The zero-order valence-corrected chi connectivity index (χ0v) is 11.6. The van der Waals surface area contributed by atoms with Crippen molar-refractivity contribution in [2.24, 2.45) is 5.92 Å². The third-order valence-electron chi connectivity index (χ3n) is 3.43. The predicted octanol–water partition coefficient (Wildman–Crippen LogP) is 1.48. The van der Waals surface area contributed by atoms with Gasteiger partial charge in [0.2, 0.25) is 0 Å². The van der Waals surface area contributed by atoms with Crippen LogP contribution >= 0.6 is 0 Å². The van der Waals surface area contributed by atoms with Gasteiger partial charge in [0.05, 0.1) is 13.2 Å². The van der Waals surface area contributed by atoms with E-state index in [2.05, 4.69) is 5.32 Å². The molecule has 18 heavy (non-hydrogen) atoms. The molecule has 0 bridgehead atoms. The summed E-state index contributed by atoms with van der Waals surface area (Å²) >= 11 is 0. The molecule has 1 rings (SSSR count). The van der Waals surface area contributed by atoms with Crippen molar-refractivity contribution in [1.82, 2.24) is 10.2 Å². The minimum atomic E-state index is -0.00370. The second-order valence-electron chi connectivity index (χ2n) is 4.81. The van der Waals surface area contributed by atoms with Crippen molar-refractivity contribution in [3.8, 4) is 0 Å². The Bertz CT molecular complexity index is 222. The van der Waals surface area contributed by atoms with E-state index in [1.807, 2.05) is 0 Å². The fraction of sp³-hybridized carbons (Fsp3) is 0.923. The van der Waals surface area contributed by atoms with Crippen LogP contribution in [0.3, 0.4) is 0 Å². The second kappa shape index (κ2) is 9.16. The van der Waals surface area contributed by atoms with Crippen molar-refractivity contribution in [2.75, 3.05) is 47.1 Å². The van der Waals surface area contributed by atoms with Gasteiger partial charge in [-0.1, -0.05) is 12.8 Å². The quantitative estimate of drug-likeness (QED) is 0.717. The normalized spacial score (nSPS) is 15.9. The first-order valence-electron chi connectivity index (χ1n) is 6.78. The SMILES string of the molecule is COCCN(CCOC)C(=O)NCC1CCCC1. The first-order chi connectivity index (χ1) is 8.77. The highest BCUT2D eigenvalue weighted by Crippen LogP contribution is 2.23. The molecule has 0 spiro atoms. The number of carbonyl (C=O) groups is 1. The Kier molecular flexibility index (Phi) is 7.76. The van der Waals surface area contributed by atoms with Crippen LogP contribution in [0, 0.1) is 5.92 Å². The summed E-state index contributed by atoms with van der Waals surface area (Å²) in [5.74, 6) is 0.667. The third-order valence-corrected chi connectivity index (χ3v) is 3.43. The highest BCUT2D eigenvalue weighted by Gasteiger charge is 2.18. The average molecular weight is 258 g/mol. The van der Waals surface area contributed by atoms with Gasteiger partial charge < -0.3 is 19.7 Å². The summed E-state index contributed by atoms with van der Waals surface area (Å²) in [6.07, 6.45) is 5.10. The third kappa shape index (κ3) is 5.69. The van der Waals surface area contributed by atoms with Crippen molar-refractivity contribution in [3.05, 3.63) is 0 Å². The summed E-state index contributed by atoms with van der Waals surface area (Å²) < 4.78 is 10.0. The van der Waals surface area contributed by atoms with E-state index in [0.29, 0.717) is 32.2 Å². The van der Waals surface area contributed by atoms with Crippen LogP contribution in [0.2, 0.25) is 0 Å². The van der Waals surface area contributed by atoms with E-state index in [9.17, 15) is 4.79 Å². The topological polar surface area (TPSA) is 50.8 Å². The molecule has 0 aromatic rings. The highest BCUT2D eigenvalue weighted by molar-refractivity contribution is 5.74. The first-order valence-corrected chi connectivity index (χ1v) is 6.78. The van der Waals surface area contributed by atoms with Gasteiger partial charge in [0.15, 0.2) is 0 Å². The van der Waals surface area contributed by atoms with Gasteiger partial charge in [0.25, 0.3) is 0 Å². The zero-order chi connectivity index (χ0) is 13.2. The predicted molar refractivity (Wildman–Crippen MR) is 70.7 cm³/mol. The Labute approximate surface area is 110 Å². The number of nitrogens with one attached hydrogen (secondary N) is 1. The fourth-order valence-electron chi connectivity index (χ4n) is 2.28. The van der Waals surface area contributed by atoms with Crippen molar-refractivity contribution < 1.29 is 14.3 Å². The van der Waals surface area contributed by atoms with E-state index in [1.54, 1.807) is 19.1 Å². The van der Waals surface area contributed by atoms with Gasteiger partial charge in [-0.15, -0.1) is 0 Å². The van der Waals surface area contributed by atoms with E-state index < -0.39 is 0 Å². The van der Waals surface area contributed by atoms with E-state index in [4.69, 9.17) is 9.47 Å². The van der Waals surface area contributed by atoms with Gasteiger partial charge in [-0.2, -0.15) is 0 Å². The molecule has 0 aliphatic heterocycles.